The summed E-state index contributed by atoms with van der Waals surface area (Å²) in [6.07, 6.45) is 10.1. The Hall–Kier alpha value is -3.65. The van der Waals surface area contributed by atoms with Crippen LogP contribution in [0.25, 0.3) is 0 Å². The summed E-state index contributed by atoms with van der Waals surface area (Å²) >= 11 is 0. The molecule has 0 radical (unpaired) electrons. The van der Waals surface area contributed by atoms with Crippen LogP contribution in [0.15, 0.2) is 39.4 Å². The van der Waals surface area contributed by atoms with E-state index in [1.54, 1.807) is 0 Å². The van der Waals surface area contributed by atoms with Crippen molar-refractivity contribution >= 4 is 24.1 Å². The molecule has 0 bridgehead atoms. The molecule has 10 nitrogen and oxygen atoms in total. The lowest BCUT2D eigenvalue weighted by Crippen LogP contribution is -2.14. The van der Waals surface area contributed by atoms with Crippen molar-refractivity contribution in [3.8, 4) is 0 Å². The van der Waals surface area contributed by atoms with Gasteiger partial charge in [-0.1, -0.05) is 66.2 Å². The predicted molar refractivity (Wildman–Crippen MR) is 137 cm³/mol. The van der Waals surface area contributed by atoms with Crippen LogP contribution in [0, 0.1) is 11.8 Å². The highest BCUT2D eigenvalue weighted by molar-refractivity contribution is 5.90. The van der Waals surface area contributed by atoms with Crippen LogP contribution in [-0.4, -0.2) is 42.4 Å². The number of rotatable bonds is 15. The molecule has 0 saturated heterocycles. The lowest BCUT2D eigenvalue weighted by atomic mass is 10.0. The van der Waals surface area contributed by atoms with Gasteiger partial charge in [0, 0.05) is 0 Å². The molecule has 2 unspecified atom stereocenters. The van der Waals surface area contributed by atoms with E-state index in [0.29, 0.717) is 25.0 Å². The number of unbranched alkanes of at least 4 members (excludes halogenated alkanes) is 2. The summed E-state index contributed by atoms with van der Waals surface area (Å²) in [5.74, 6) is -1.29. The molecule has 2 rings (SSSR count). The van der Waals surface area contributed by atoms with Crippen molar-refractivity contribution in [2.75, 3.05) is 13.2 Å². The van der Waals surface area contributed by atoms with E-state index in [1.807, 2.05) is 0 Å². The van der Waals surface area contributed by atoms with Crippen LogP contribution in [0.4, 0.5) is 0 Å². The first-order chi connectivity index (χ1) is 18.3. The summed E-state index contributed by atoms with van der Waals surface area (Å²) in [6.45, 7) is 9.25. The third kappa shape index (κ3) is 14.8. The van der Waals surface area contributed by atoms with Gasteiger partial charge in [0.2, 0.25) is 17.3 Å². The molecule has 0 aromatic carbocycles. The Kier molecular flexibility index (Phi) is 19.4. The van der Waals surface area contributed by atoms with E-state index in [2.05, 4.69) is 32.1 Å². The van der Waals surface area contributed by atoms with E-state index < -0.39 is 17.9 Å². The fourth-order valence-electron chi connectivity index (χ4n) is 3.28. The minimum Gasteiger partial charge on any atom is -0.475 e. The highest BCUT2D eigenvalue weighted by atomic mass is 16.6. The SMILES string of the molecule is CCCCC(CC)COC(=O)c1ccc(C(=O)OCC(CC)CCCC)o1.O=C(O)c1ccco1.O=C=O. The minimum atomic E-state index is -1.03. The summed E-state index contributed by atoms with van der Waals surface area (Å²) in [5.41, 5.74) is 0. The number of carboxylic acid groups (broad SMARTS) is 1. The smallest absolute Gasteiger partial charge is 0.374 e. The van der Waals surface area contributed by atoms with Crippen molar-refractivity contribution in [3.63, 3.8) is 0 Å². The number of hydrogen-bond acceptors (Lipinski definition) is 9. The van der Waals surface area contributed by atoms with Crippen LogP contribution in [-0.2, 0) is 19.1 Å². The van der Waals surface area contributed by atoms with E-state index in [4.69, 9.17) is 28.6 Å². The van der Waals surface area contributed by atoms with Gasteiger partial charge in [-0.25, -0.2) is 14.4 Å². The molecule has 1 N–H and O–H groups in total. The Labute approximate surface area is 223 Å². The zero-order chi connectivity index (χ0) is 28.8. The summed E-state index contributed by atoms with van der Waals surface area (Å²) in [4.78, 5) is 50.5. The molecule has 0 saturated carbocycles. The normalized spacial score (nSPS) is 11.5. The fraction of sp³-hybridized carbons (Fsp3) is 0.571. The standard InChI is InChI=1S/C22H36O5.C5H4O3.CO2/c1-5-9-11-17(7-3)15-25-21(23)19-13-14-20(27-19)22(24)26-16-18(8-4)12-10-6-2;6-5(7)4-2-1-3-8-4;2-1-3/h13-14,17-18H,5-12,15-16H2,1-4H3;1-3H,(H,6,7);. The zero-order valence-corrected chi connectivity index (χ0v) is 22.7. The first-order valence-electron chi connectivity index (χ1n) is 13.0. The van der Waals surface area contributed by atoms with E-state index in [0.717, 1.165) is 51.4 Å². The van der Waals surface area contributed by atoms with Crippen molar-refractivity contribution in [2.24, 2.45) is 11.8 Å². The Morgan fingerprint density at radius 3 is 1.55 bits per heavy atom. The Morgan fingerprint density at radius 1 is 0.816 bits per heavy atom. The molecule has 2 aromatic heterocycles. The molecular formula is C28H40O10. The lowest BCUT2D eigenvalue weighted by Gasteiger charge is -2.14. The zero-order valence-electron chi connectivity index (χ0n) is 22.7. The van der Waals surface area contributed by atoms with Gasteiger partial charge in [0.1, 0.15) is 0 Å². The monoisotopic (exact) mass is 536 g/mol. The van der Waals surface area contributed by atoms with Crippen LogP contribution in [0.3, 0.4) is 0 Å². The van der Waals surface area contributed by atoms with Gasteiger partial charge in [-0.2, -0.15) is 9.59 Å². The van der Waals surface area contributed by atoms with Crippen molar-refractivity contribution in [3.05, 3.63) is 47.8 Å². The van der Waals surface area contributed by atoms with Crippen LogP contribution < -0.4 is 0 Å². The van der Waals surface area contributed by atoms with Gasteiger partial charge >= 0.3 is 24.1 Å². The summed E-state index contributed by atoms with van der Waals surface area (Å²) < 4.78 is 20.5. The number of aromatic carboxylic acids is 1. The Morgan fingerprint density at radius 2 is 1.26 bits per heavy atom. The quantitative estimate of drug-likeness (QED) is 0.252. The van der Waals surface area contributed by atoms with Gasteiger partial charge < -0.3 is 23.4 Å². The molecule has 0 aliphatic heterocycles. The highest BCUT2D eigenvalue weighted by Crippen LogP contribution is 2.17. The number of ether oxygens (including phenoxy) is 2. The third-order valence-electron chi connectivity index (χ3n) is 5.73. The molecule has 2 heterocycles. The molecule has 0 amide bonds. The maximum atomic E-state index is 12.1. The van der Waals surface area contributed by atoms with E-state index in [1.165, 1.54) is 30.5 Å². The molecule has 10 heteroatoms. The molecule has 212 valence electrons. The van der Waals surface area contributed by atoms with Gasteiger partial charge in [-0.05, 0) is 48.9 Å². The lowest BCUT2D eigenvalue weighted by molar-refractivity contribution is -0.191. The Balaban J connectivity index is 0.00000103. The summed E-state index contributed by atoms with van der Waals surface area (Å²) in [7, 11) is 0. The molecule has 38 heavy (non-hydrogen) atoms. The van der Waals surface area contributed by atoms with Gasteiger partial charge in [-0.15, -0.1) is 0 Å². The van der Waals surface area contributed by atoms with Crippen molar-refractivity contribution in [2.45, 2.75) is 79.1 Å². The first kappa shape index (κ1) is 34.4. The second-order valence-electron chi connectivity index (χ2n) is 8.56. The molecular weight excluding hydrogens is 496 g/mol. The van der Waals surface area contributed by atoms with Crippen LogP contribution in [0.5, 0.6) is 0 Å². The van der Waals surface area contributed by atoms with E-state index >= 15 is 0 Å². The van der Waals surface area contributed by atoms with Gasteiger partial charge in [-0.3, -0.25) is 0 Å². The average molecular weight is 537 g/mol. The molecule has 0 spiro atoms. The molecule has 0 fully saturated rings. The predicted octanol–water partition coefficient (Wildman–Crippen LogP) is 6.42. The van der Waals surface area contributed by atoms with Crippen LogP contribution >= 0.6 is 0 Å². The second kappa shape index (κ2) is 21.4. The molecule has 0 aliphatic carbocycles. The van der Waals surface area contributed by atoms with Gasteiger partial charge in [0.05, 0.1) is 19.5 Å². The highest BCUT2D eigenvalue weighted by Gasteiger charge is 2.20. The number of esters is 2. The maximum Gasteiger partial charge on any atom is 0.374 e. The topological polar surface area (TPSA) is 150 Å². The van der Waals surface area contributed by atoms with Gasteiger partial charge in [0.15, 0.2) is 0 Å². The first-order valence-corrected chi connectivity index (χ1v) is 13.0. The molecule has 0 aliphatic rings. The van der Waals surface area contributed by atoms with Gasteiger partial charge in [0.25, 0.3) is 0 Å². The second-order valence-corrected chi connectivity index (χ2v) is 8.56. The van der Waals surface area contributed by atoms with Crippen molar-refractivity contribution in [1.29, 1.82) is 0 Å². The Bertz CT molecular complexity index is 892. The minimum absolute atomic E-state index is 0.0231. The molecule has 2 atom stereocenters. The van der Waals surface area contributed by atoms with Crippen LogP contribution in [0.2, 0.25) is 0 Å². The average Bonchev–Trinajstić information content (AvgIpc) is 3.63. The number of carbonyl (C=O) groups excluding carboxylic acids is 4. The summed E-state index contributed by atoms with van der Waals surface area (Å²) in [6, 6.07) is 5.87. The van der Waals surface area contributed by atoms with Crippen molar-refractivity contribution in [1.82, 2.24) is 0 Å². The number of carbonyl (C=O) groups is 3. The largest absolute Gasteiger partial charge is 0.475 e. The maximum absolute atomic E-state index is 12.1. The number of hydrogen-bond donors (Lipinski definition) is 1. The fourth-order valence-corrected chi connectivity index (χ4v) is 3.28. The summed E-state index contributed by atoms with van der Waals surface area (Å²) in [5, 5.41) is 8.18. The van der Waals surface area contributed by atoms with E-state index in [-0.39, 0.29) is 23.4 Å². The van der Waals surface area contributed by atoms with E-state index in [9.17, 15) is 14.4 Å². The third-order valence-corrected chi connectivity index (χ3v) is 5.73. The number of carboxylic acids is 1. The van der Waals surface area contributed by atoms with Crippen molar-refractivity contribution < 1.29 is 47.4 Å². The molecule has 2 aromatic rings. The number of furan rings is 2. The van der Waals surface area contributed by atoms with Crippen LogP contribution in [0.1, 0.15) is 111 Å².